The topological polar surface area (TPSA) is 107 Å². The van der Waals surface area contributed by atoms with Crippen LogP contribution < -0.4 is 5.32 Å². The van der Waals surface area contributed by atoms with Gasteiger partial charge in [0, 0.05) is 10.7 Å². The molecule has 4 rings (SSSR count). The van der Waals surface area contributed by atoms with E-state index >= 15 is 0 Å². The molecule has 0 unspecified atom stereocenters. The van der Waals surface area contributed by atoms with Gasteiger partial charge in [0.15, 0.2) is 5.82 Å². The fraction of sp³-hybridized carbons (Fsp3) is 0. The van der Waals surface area contributed by atoms with Crippen molar-refractivity contribution in [3.8, 4) is 0 Å². The number of aromatic nitrogens is 7. The van der Waals surface area contributed by atoms with Crippen LogP contribution in [0.2, 0.25) is 5.02 Å². The predicted octanol–water partition coefficient (Wildman–Crippen LogP) is 1.45. The van der Waals surface area contributed by atoms with Gasteiger partial charge in [-0.2, -0.15) is 4.52 Å². The second kappa shape index (κ2) is 4.10. The van der Waals surface area contributed by atoms with E-state index in [1.807, 2.05) is 12.1 Å². The molecular weight excluding hydrogens is 284 g/mol. The monoisotopic (exact) mass is 288 g/mol. The van der Waals surface area contributed by atoms with Gasteiger partial charge in [-0.1, -0.05) is 17.7 Å². The maximum atomic E-state index is 5.94. The normalized spacial score (nSPS) is 11.2. The van der Waals surface area contributed by atoms with Crippen LogP contribution in [0, 0.1) is 0 Å². The summed E-state index contributed by atoms with van der Waals surface area (Å²) in [7, 11) is 0. The van der Waals surface area contributed by atoms with Crippen molar-refractivity contribution >= 4 is 40.0 Å². The van der Waals surface area contributed by atoms with Crippen LogP contribution in [-0.4, -0.2) is 35.3 Å². The zero-order valence-corrected chi connectivity index (χ0v) is 10.5. The third-order valence-electron chi connectivity index (χ3n) is 2.64. The average molecular weight is 289 g/mol. The lowest BCUT2D eigenvalue weighted by molar-refractivity contribution is 0.313. The Bertz CT molecular complexity index is 916. The van der Waals surface area contributed by atoms with Gasteiger partial charge in [0.25, 0.3) is 0 Å². The number of fused-ring (bicyclic) bond motifs is 3. The predicted molar refractivity (Wildman–Crippen MR) is 68.7 cm³/mol. The number of benzene rings is 1. The van der Waals surface area contributed by atoms with Crippen LogP contribution in [-0.2, 0) is 0 Å². The zero-order valence-electron chi connectivity index (χ0n) is 9.73. The molecular formula is C10H5ClN8O. The molecule has 0 aliphatic carbocycles. The Morgan fingerprint density at radius 3 is 3.05 bits per heavy atom. The molecule has 0 aliphatic rings. The Labute approximate surface area is 115 Å². The quantitative estimate of drug-likeness (QED) is 0.590. The molecule has 1 N–H and O–H groups in total. The summed E-state index contributed by atoms with van der Waals surface area (Å²) in [5.41, 5.74) is 1.81. The van der Waals surface area contributed by atoms with Crippen LogP contribution in [0.5, 0.6) is 0 Å². The third-order valence-corrected chi connectivity index (χ3v) is 2.88. The Kier molecular flexibility index (Phi) is 2.27. The minimum Gasteiger partial charge on any atom is -0.337 e. The van der Waals surface area contributed by atoms with E-state index in [2.05, 4.69) is 40.8 Å². The van der Waals surface area contributed by atoms with Crippen LogP contribution in [0.3, 0.4) is 0 Å². The first-order chi connectivity index (χ1) is 9.81. The van der Waals surface area contributed by atoms with Crippen LogP contribution >= 0.6 is 11.6 Å². The molecule has 3 heterocycles. The van der Waals surface area contributed by atoms with Crippen LogP contribution in [0.15, 0.2) is 28.9 Å². The lowest BCUT2D eigenvalue weighted by Gasteiger charge is -2.05. The first-order valence-corrected chi connectivity index (χ1v) is 5.92. The molecule has 20 heavy (non-hydrogen) atoms. The molecule has 0 fully saturated rings. The smallest absolute Gasteiger partial charge is 0.248 e. The number of rotatable bonds is 2. The molecule has 0 spiro atoms. The first kappa shape index (κ1) is 11.1. The van der Waals surface area contributed by atoms with Crippen molar-refractivity contribution in [3.63, 3.8) is 0 Å². The van der Waals surface area contributed by atoms with E-state index < -0.39 is 0 Å². The Hall–Kier alpha value is -2.81. The number of halogens is 1. The van der Waals surface area contributed by atoms with Crippen LogP contribution in [0.1, 0.15) is 0 Å². The number of hydrogen-bond donors (Lipinski definition) is 1. The zero-order chi connectivity index (χ0) is 13.5. The average Bonchev–Trinajstić information content (AvgIpc) is 3.06. The summed E-state index contributed by atoms with van der Waals surface area (Å²) < 4.78 is 6.03. The maximum absolute atomic E-state index is 5.94. The summed E-state index contributed by atoms with van der Waals surface area (Å²) in [6.07, 6.45) is 0. The molecule has 4 aromatic rings. The SMILES string of the molecule is Clc1cccc(Nc2nc3nonc3n3nnnc23)c1. The standard InChI is InChI=1S/C10H5ClN8O/c11-5-2-1-3-6(4-5)12-7-9-14-17-18-19(9)10-8(13-7)15-20-16-10/h1-4H,(H,12,13,15). The van der Waals surface area contributed by atoms with E-state index in [4.69, 9.17) is 11.6 Å². The van der Waals surface area contributed by atoms with Crippen molar-refractivity contribution in [2.24, 2.45) is 0 Å². The second-order valence-electron chi connectivity index (χ2n) is 3.92. The van der Waals surface area contributed by atoms with Gasteiger partial charge in [0.2, 0.25) is 16.9 Å². The fourth-order valence-corrected chi connectivity index (χ4v) is 1.99. The van der Waals surface area contributed by atoms with Gasteiger partial charge in [-0.05, 0) is 38.9 Å². The molecule has 10 heteroatoms. The van der Waals surface area contributed by atoms with Crippen molar-refractivity contribution in [1.82, 2.24) is 35.3 Å². The number of hydrogen-bond acceptors (Lipinski definition) is 8. The molecule has 0 bridgehead atoms. The van der Waals surface area contributed by atoms with Gasteiger partial charge < -0.3 is 5.32 Å². The summed E-state index contributed by atoms with van der Waals surface area (Å²) >= 11 is 5.94. The van der Waals surface area contributed by atoms with Gasteiger partial charge in [-0.25, -0.2) is 9.61 Å². The molecule has 0 atom stereocenters. The second-order valence-corrected chi connectivity index (χ2v) is 4.36. The summed E-state index contributed by atoms with van der Waals surface area (Å²) in [6, 6.07) is 7.20. The van der Waals surface area contributed by atoms with E-state index in [1.165, 1.54) is 4.52 Å². The number of anilines is 2. The van der Waals surface area contributed by atoms with E-state index in [-0.39, 0.29) is 0 Å². The van der Waals surface area contributed by atoms with Crippen molar-refractivity contribution < 1.29 is 4.63 Å². The van der Waals surface area contributed by atoms with E-state index in [0.717, 1.165) is 5.69 Å². The van der Waals surface area contributed by atoms with Crippen LogP contribution in [0.25, 0.3) is 16.9 Å². The van der Waals surface area contributed by atoms with Gasteiger partial charge in [0.1, 0.15) is 0 Å². The van der Waals surface area contributed by atoms with Gasteiger partial charge in [-0.3, -0.25) is 0 Å². The maximum Gasteiger partial charge on any atom is 0.248 e. The number of nitrogens with one attached hydrogen (secondary N) is 1. The van der Waals surface area contributed by atoms with Crippen molar-refractivity contribution in [3.05, 3.63) is 29.3 Å². The van der Waals surface area contributed by atoms with Crippen molar-refractivity contribution in [2.45, 2.75) is 0 Å². The summed E-state index contributed by atoms with van der Waals surface area (Å²) in [5.74, 6) is 0.431. The largest absolute Gasteiger partial charge is 0.337 e. The van der Waals surface area contributed by atoms with Crippen molar-refractivity contribution in [1.29, 1.82) is 0 Å². The molecule has 0 saturated carbocycles. The van der Waals surface area contributed by atoms with Crippen molar-refractivity contribution in [2.75, 3.05) is 5.32 Å². The van der Waals surface area contributed by atoms with Gasteiger partial charge in [-0.15, -0.1) is 5.10 Å². The van der Waals surface area contributed by atoms with E-state index in [1.54, 1.807) is 12.1 Å². The fourth-order valence-electron chi connectivity index (χ4n) is 1.80. The number of tetrazole rings is 1. The molecule has 98 valence electrons. The highest BCUT2D eigenvalue weighted by molar-refractivity contribution is 6.30. The lowest BCUT2D eigenvalue weighted by atomic mass is 10.3. The molecule has 0 radical (unpaired) electrons. The van der Waals surface area contributed by atoms with E-state index in [9.17, 15) is 0 Å². The molecule has 0 saturated heterocycles. The third kappa shape index (κ3) is 1.64. The Morgan fingerprint density at radius 1 is 1.20 bits per heavy atom. The highest BCUT2D eigenvalue weighted by atomic mass is 35.5. The van der Waals surface area contributed by atoms with E-state index in [0.29, 0.717) is 27.8 Å². The van der Waals surface area contributed by atoms with Gasteiger partial charge in [0.05, 0.1) is 0 Å². The molecule has 9 nitrogen and oxygen atoms in total. The Balaban J connectivity index is 1.91. The van der Waals surface area contributed by atoms with Gasteiger partial charge >= 0.3 is 0 Å². The minimum atomic E-state index is 0.300. The summed E-state index contributed by atoms with van der Waals surface area (Å²) in [4.78, 5) is 4.28. The molecule has 1 aromatic carbocycles. The molecule has 3 aromatic heterocycles. The van der Waals surface area contributed by atoms with Crippen LogP contribution in [0.4, 0.5) is 11.5 Å². The molecule has 0 amide bonds. The first-order valence-electron chi connectivity index (χ1n) is 5.54. The lowest BCUT2D eigenvalue weighted by Crippen LogP contribution is -2.00. The molecule has 0 aliphatic heterocycles. The summed E-state index contributed by atoms with van der Waals surface area (Å²) in [6.45, 7) is 0. The Morgan fingerprint density at radius 2 is 2.15 bits per heavy atom. The number of nitrogens with zero attached hydrogens (tertiary/aromatic N) is 7. The highest BCUT2D eigenvalue weighted by Crippen LogP contribution is 2.22. The highest BCUT2D eigenvalue weighted by Gasteiger charge is 2.15. The minimum absolute atomic E-state index is 0.300. The summed E-state index contributed by atoms with van der Waals surface area (Å²) in [5, 5.41) is 22.4.